The van der Waals surface area contributed by atoms with Crippen LogP contribution in [0, 0.1) is 11.3 Å². The fraction of sp³-hybridized carbons (Fsp3) is 1.00. The van der Waals surface area contributed by atoms with Gasteiger partial charge in [0.1, 0.15) is 0 Å². The van der Waals surface area contributed by atoms with Gasteiger partial charge in [0.2, 0.25) is 0 Å². The molecule has 0 aromatic heterocycles. The molecule has 38 heavy (non-hydrogen) atoms. The lowest BCUT2D eigenvalue weighted by atomic mass is 9.70. The van der Waals surface area contributed by atoms with Crippen molar-refractivity contribution in [3.05, 3.63) is 0 Å². The Hall–Kier alpha value is -0.0800. The molecule has 0 rings (SSSR count). The van der Waals surface area contributed by atoms with Crippen LogP contribution in [-0.4, -0.2) is 13.1 Å². The Morgan fingerprint density at radius 1 is 0.421 bits per heavy atom. The number of hydrogen-bond acceptors (Lipinski definition) is 2. The highest BCUT2D eigenvalue weighted by atomic mass is 14.6. The van der Waals surface area contributed by atoms with Crippen molar-refractivity contribution in [1.29, 1.82) is 0 Å². The van der Waals surface area contributed by atoms with Crippen molar-refractivity contribution < 1.29 is 0 Å². The summed E-state index contributed by atoms with van der Waals surface area (Å²) >= 11 is 0. The third-order valence-electron chi connectivity index (χ3n) is 9.32. The van der Waals surface area contributed by atoms with Crippen LogP contribution >= 0.6 is 0 Å². The number of rotatable bonds is 32. The van der Waals surface area contributed by atoms with E-state index in [1.807, 2.05) is 0 Å². The zero-order chi connectivity index (χ0) is 28.0. The van der Waals surface area contributed by atoms with Crippen LogP contribution in [0.4, 0.5) is 0 Å². The molecule has 0 aliphatic heterocycles. The zero-order valence-corrected chi connectivity index (χ0v) is 27.2. The summed E-state index contributed by atoms with van der Waals surface area (Å²) in [6.45, 7) is 8.66. The topological polar surface area (TPSA) is 52.0 Å². The molecule has 1 atom stereocenters. The van der Waals surface area contributed by atoms with Gasteiger partial charge in [-0.2, -0.15) is 0 Å². The summed E-state index contributed by atoms with van der Waals surface area (Å²) in [5.74, 6) is 0.784. The van der Waals surface area contributed by atoms with Gasteiger partial charge in [-0.25, -0.2) is 0 Å². The highest BCUT2D eigenvalue weighted by molar-refractivity contribution is 4.84. The average Bonchev–Trinajstić information content (AvgIpc) is 2.93. The molecule has 0 aromatic carbocycles. The largest absolute Gasteiger partial charge is 0.330 e. The molecule has 0 radical (unpaired) electrons. The third kappa shape index (κ3) is 23.8. The van der Waals surface area contributed by atoms with Crippen molar-refractivity contribution in [2.75, 3.05) is 13.1 Å². The molecule has 0 saturated heterocycles. The highest BCUT2D eigenvalue weighted by Gasteiger charge is 2.30. The lowest BCUT2D eigenvalue weighted by molar-refractivity contribution is 0.164. The van der Waals surface area contributed by atoms with Crippen molar-refractivity contribution in [3.63, 3.8) is 0 Å². The van der Waals surface area contributed by atoms with Crippen molar-refractivity contribution in [2.24, 2.45) is 22.8 Å². The first kappa shape index (κ1) is 37.9. The third-order valence-corrected chi connectivity index (χ3v) is 9.32. The monoisotopic (exact) mass is 537 g/mol. The first-order chi connectivity index (χ1) is 18.7. The van der Waals surface area contributed by atoms with Gasteiger partial charge >= 0.3 is 0 Å². The highest BCUT2D eigenvalue weighted by Crippen LogP contribution is 2.39. The van der Waals surface area contributed by atoms with Crippen molar-refractivity contribution in [2.45, 2.75) is 207 Å². The van der Waals surface area contributed by atoms with Crippen LogP contribution in [0.3, 0.4) is 0 Å². The molecule has 0 amide bonds. The molecule has 0 spiro atoms. The van der Waals surface area contributed by atoms with E-state index in [0.717, 1.165) is 19.0 Å². The maximum atomic E-state index is 6.65. The summed E-state index contributed by atoms with van der Waals surface area (Å²) in [5.41, 5.74) is 13.1. The van der Waals surface area contributed by atoms with E-state index >= 15 is 0 Å². The van der Waals surface area contributed by atoms with E-state index in [2.05, 4.69) is 20.8 Å². The van der Waals surface area contributed by atoms with E-state index in [-0.39, 0.29) is 0 Å². The van der Waals surface area contributed by atoms with Gasteiger partial charge in [0.25, 0.3) is 0 Å². The Labute approximate surface area is 242 Å². The molecule has 0 saturated carbocycles. The van der Waals surface area contributed by atoms with Gasteiger partial charge in [-0.15, -0.1) is 0 Å². The van der Waals surface area contributed by atoms with E-state index in [0.29, 0.717) is 5.41 Å². The molecule has 1 unspecified atom stereocenters. The van der Waals surface area contributed by atoms with Gasteiger partial charge < -0.3 is 11.5 Å². The summed E-state index contributed by atoms with van der Waals surface area (Å²) in [6, 6.07) is 0. The van der Waals surface area contributed by atoms with Crippen LogP contribution in [0.5, 0.6) is 0 Å². The minimum atomic E-state index is 0.365. The molecule has 0 bridgehead atoms. The standard InChI is InChI=1S/C36H76N2/c1-4-7-10-13-16-19-22-25-28-35(29-32-37)33-36(34-38,30-26-23-20-17-14-11-8-5-2)31-27-24-21-18-15-12-9-6-3/h35H,4-34,37-38H2,1-3H3. The van der Waals surface area contributed by atoms with Crippen LogP contribution < -0.4 is 11.5 Å². The molecular weight excluding hydrogens is 460 g/mol. The van der Waals surface area contributed by atoms with E-state index in [1.54, 1.807) is 0 Å². The Balaban J connectivity index is 4.68. The number of unbranched alkanes of at least 4 members (excludes halogenated alkanes) is 21. The number of nitrogens with two attached hydrogens (primary N) is 2. The summed E-state index contributed by atoms with van der Waals surface area (Å²) < 4.78 is 0. The van der Waals surface area contributed by atoms with Gasteiger partial charge in [0.05, 0.1) is 0 Å². The van der Waals surface area contributed by atoms with Crippen LogP contribution in [0.25, 0.3) is 0 Å². The normalized spacial score (nSPS) is 12.9. The van der Waals surface area contributed by atoms with E-state index in [4.69, 9.17) is 11.5 Å². The summed E-state index contributed by atoms with van der Waals surface area (Å²) in [7, 11) is 0. The van der Waals surface area contributed by atoms with E-state index in [1.165, 1.54) is 186 Å². The summed E-state index contributed by atoms with van der Waals surface area (Å²) in [6.07, 6.45) is 40.5. The quantitative estimate of drug-likeness (QED) is 0.0840. The van der Waals surface area contributed by atoms with Gasteiger partial charge in [0.15, 0.2) is 0 Å². The summed E-state index contributed by atoms with van der Waals surface area (Å²) in [4.78, 5) is 0. The number of hydrogen-bond donors (Lipinski definition) is 2. The first-order valence-electron chi connectivity index (χ1n) is 18.1. The first-order valence-corrected chi connectivity index (χ1v) is 18.1. The van der Waals surface area contributed by atoms with Crippen molar-refractivity contribution in [3.8, 4) is 0 Å². The van der Waals surface area contributed by atoms with Gasteiger partial charge in [-0.1, -0.05) is 181 Å². The second-order valence-electron chi connectivity index (χ2n) is 13.1. The van der Waals surface area contributed by atoms with Gasteiger partial charge in [-0.05, 0) is 50.1 Å². The minimum absolute atomic E-state index is 0.365. The van der Waals surface area contributed by atoms with Crippen LogP contribution in [0.15, 0.2) is 0 Å². The molecule has 4 N–H and O–H groups in total. The lowest BCUT2D eigenvalue weighted by Crippen LogP contribution is -2.33. The van der Waals surface area contributed by atoms with Crippen molar-refractivity contribution >= 4 is 0 Å². The molecule has 230 valence electrons. The molecule has 0 aliphatic rings. The smallest absolute Gasteiger partial charge is 0.00204 e. The minimum Gasteiger partial charge on any atom is -0.330 e. The van der Waals surface area contributed by atoms with E-state index < -0.39 is 0 Å². The van der Waals surface area contributed by atoms with Crippen molar-refractivity contribution in [1.82, 2.24) is 0 Å². The predicted molar refractivity (Wildman–Crippen MR) is 175 cm³/mol. The lowest BCUT2D eigenvalue weighted by Gasteiger charge is -2.37. The van der Waals surface area contributed by atoms with E-state index in [9.17, 15) is 0 Å². The fourth-order valence-electron chi connectivity index (χ4n) is 6.65. The molecule has 0 heterocycles. The SMILES string of the molecule is CCCCCCCCCCC(CCN)CC(CN)(CCCCCCCCCC)CCCCCCCCCC. The van der Waals surface area contributed by atoms with Crippen LogP contribution in [0.2, 0.25) is 0 Å². The second-order valence-corrected chi connectivity index (χ2v) is 13.1. The molecule has 2 nitrogen and oxygen atoms in total. The van der Waals surface area contributed by atoms with Gasteiger partial charge in [-0.3, -0.25) is 0 Å². The summed E-state index contributed by atoms with van der Waals surface area (Å²) in [5, 5.41) is 0. The maximum Gasteiger partial charge on any atom is -0.00204 e. The molecule has 0 fully saturated rings. The fourth-order valence-corrected chi connectivity index (χ4v) is 6.65. The Morgan fingerprint density at radius 2 is 0.763 bits per heavy atom. The Bertz CT molecular complexity index is 415. The second kappa shape index (κ2) is 29.9. The van der Waals surface area contributed by atoms with Crippen LogP contribution in [0.1, 0.15) is 207 Å². The Morgan fingerprint density at radius 3 is 1.11 bits per heavy atom. The molecule has 2 heteroatoms. The molecule has 0 aromatic rings. The molecule has 0 aliphatic carbocycles. The molecular formula is C36H76N2. The Kier molecular flexibility index (Phi) is 29.8. The van der Waals surface area contributed by atoms with Crippen LogP contribution in [-0.2, 0) is 0 Å². The predicted octanol–water partition coefficient (Wildman–Crippen LogP) is 11.9. The van der Waals surface area contributed by atoms with Gasteiger partial charge in [0, 0.05) is 0 Å². The zero-order valence-electron chi connectivity index (χ0n) is 27.2. The average molecular weight is 537 g/mol. The maximum absolute atomic E-state index is 6.65.